The summed E-state index contributed by atoms with van der Waals surface area (Å²) in [6.07, 6.45) is 82.4. The predicted molar refractivity (Wildman–Crippen MR) is 424 cm³/mol. The Balaban J connectivity index is 1.57. The minimum Gasteiger partial charge on any atom is -0.394 e. The maximum atomic E-state index is 13.4. The molecule has 2 heterocycles. The normalized spacial score (nSPS) is 22.0. The summed E-state index contributed by atoms with van der Waals surface area (Å²) in [7, 11) is 0. The van der Waals surface area contributed by atoms with Gasteiger partial charge in [-0.3, -0.25) is 4.79 Å². The average Bonchev–Trinajstić information content (AvgIpc) is 0.790. The number of aliphatic hydroxyl groups excluding tert-OH is 8. The monoisotopic (exact) mass is 1440 g/mol. The Kier molecular flexibility index (Phi) is 66.8. The lowest BCUT2D eigenvalue weighted by atomic mass is 9.97. The van der Waals surface area contributed by atoms with Gasteiger partial charge in [0.25, 0.3) is 0 Å². The largest absolute Gasteiger partial charge is 0.394 e. The summed E-state index contributed by atoms with van der Waals surface area (Å²) in [5.74, 6) is -0.201. The molecule has 0 radical (unpaired) electrons. The minimum absolute atomic E-state index is 0.201. The van der Waals surface area contributed by atoms with Crippen molar-refractivity contribution in [2.24, 2.45) is 0 Å². The summed E-state index contributed by atoms with van der Waals surface area (Å²) in [5.41, 5.74) is 0. The second-order valence-corrected chi connectivity index (χ2v) is 30.3. The Morgan fingerprint density at radius 3 is 1.04 bits per heavy atom. The molecule has 14 heteroatoms. The van der Waals surface area contributed by atoms with Gasteiger partial charge in [0.2, 0.25) is 5.91 Å². The fourth-order valence-corrected chi connectivity index (χ4v) is 14.2. The molecule has 12 atom stereocenters. The van der Waals surface area contributed by atoms with Gasteiger partial charge in [0.1, 0.15) is 48.8 Å². The van der Waals surface area contributed by atoms with Crippen molar-refractivity contribution in [3.63, 3.8) is 0 Å². The van der Waals surface area contributed by atoms with Gasteiger partial charge >= 0.3 is 0 Å². The van der Waals surface area contributed by atoms with E-state index < -0.39 is 86.8 Å². The highest BCUT2D eigenvalue weighted by Gasteiger charge is 2.51. The van der Waals surface area contributed by atoms with E-state index in [0.29, 0.717) is 12.8 Å². The van der Waals surface area contributed by atoms with Gasteiger partial charge in [0, 0.05) is 6.42 Å². The first-order chi connectivity index (χ1) is 50.1. The molecule has 1 amide bonds. The number of allylic oxidation sites excluding steroid dienone is 12. The summed E-state index contributed by atoms with van der Waals surface area (Å²) < 4.78 is 23.0. The molecular weight excluding hydrogens is 1280 g/mol. The van der Waals surface area contributed by atoms with Gasteiger partial charge in [0.15, 0.2) is 12.6 Å². The molecule has 9 N–H and O–H groups in total. The van der Waals surface area contributed by atoms with Crippen molar-refractivity contribution in [3.8, 4) is 0 Å². The number of carbonyl (C=O) groups excluding carboxylic acids is 1. The van der Waals surface area contributed by atoms with Crippen molar-refractivity contribution in [2.45, 2.75) is 460 Å². The quantitative estimate of drug-likeness (QED) is 0.0204. The Morgan fingerprint density at radius 1 is 0.363 bits per heavy atom. The molecule has 0 aromatic carbocycles. The molecule has 0 saturated carbocycles. The lowest BCUT2D eigenvalue weighted by Gasteiger charge is -2.46. The van der Waals surface area contributed by atoms with Gasteiger partial charge in [-0.25, -0.2) is 0 Å². The summed E-state index contributed by atoms with van der Waals surface area (Å²) in [4.78, 5) is 13.4. The van der Waals surface area contributed by atoms with Crippen LogP contribution >= 0.6 is 0 Å². The summed E-state index contributed by atoms with van der Waals surface area (Å²) in [5, 5.41) is 88.0. The molecule has 2 aliphatic heterocycles. The molecule has 2 saturated heterocycles. The maximum Gasteiger partial charge on any atom is 0.220 e. The van der Waals surface area contributed by atoms with Crippen molar-refractivity contribution in [1.29, 1.82) is 0 Å². The van der Waals surface area contributed by atoms with E-state index in [0.717, 1.165) is 89.9 Å². The molecule has 0 spiro atoms. The number of unbranched alkanes of at least 4 members (excludes halogenated alkanes) is 48. The van der Waals surface area contributed by atoms with Gasteiger partial charge in [-0.2, -0.15) is 0 Å². The number of rotatable bonds is 73. The smallest absolute Gasteiger partial charge is 0.220 e. The van der Waals surface area contributed by atoms with Gasteiger partial charge in [-0.15, -0.1) is 0 Å². The number of carbonyl (C=O) groups is 1. The molecule has 2 fully saturated rings. The standard InChI is InChI=1S/C88H161NO13/c1-3-5-7-9-11-13-15-17-19-21-23-25-27-29-31-33-35-36-37-38-39-40-42-44-46-48-50-52-54-56-58-60-62-64-66-68-70-72-80(93)89-76(75-99-87-85(98)83(96)86(79(74-91)101-87)102-88-84(97)82(95)81(94)78(73-90)100-88)77(92)71-69-67-65-63-61-59-57-55-53-51-49-47-45-43-41-34-32-30-28-26-24-22-20-18-16-14-12-10-8-6-4-2/h5,7,11,13,17,19,23,25,29,31,35-36,76-79,81-88,90-92,94-98H,3-4,6,8-10,12,14-16,18,20-22,24,26-28,30,32-34,37-75H2,1-2H3,(H,89,93)/b7-5-,13-11-,19-17-,25-23-,31-29-,36-35-. The molecule has 0 aliphatic carbocycles. The van der Waals surface area contributed by atoms with Crippen LogP contribution in [-0.4, -0.2) is 140 Å². The maximum absolute atomic E-state index is 13.4. The highest BCUT2D eigenvalue weighted by atomic mass is 16.7. The van der Waals surface area contributed by atoms with E-state index in [1.54, 1.807) is 0 Å². The first-order valence-electron chi connectivity index (χ1n) is 43.2. The van der Waals surface area contributed by atoms with Crippen molar-refractivity contribution < 1.29 is 64.6 Å². The second kappa shape index (κ2) is 71.4. The first kappa shape index (κ1) is 95.5. The van der Waals surface area contributed by atoms with Gasteiger partial charge in [-0.1, -0.05) is 389 Å². The van der Waals surface area contributed by atoms with Crippen LogP contribution in [-0.2, 0) is 23.7 Å². The average molecular weight is 1440 g/mol. The fraction of sp³-hybridized carbons (Fsp3) is 0.852. The van der Waals surface area contributed by atoms with Crippen LogP contribution in [0.4, 0.5) is 0 Å². The van der Waals surface area contributed by atoms with Crippen LogP contribution < -0.4 is 5.32 Å². The third kappa shape index (κ3) is 53.3. The van der Waals surface area contributed by atoms with Crippen LogP contribution in [0.25, 0.3) is 0 Å². The van der Waals surface area contributed by atoms with Crippen LogP contribution in [0.15, 0.2) is 72.9 Å². The third-order valence-corrected chi connectivity index (χ3v) is 20.9. The molecule has 0 aromatic heterocycles. The highest BCUT2D eigenvalue weighted by Crippen LogP contribution is 2.31. The summed E-state index contributed by atoms with van der Waals surface area (Å²) in [6, 6.07) is -0.833. The molecule has 0 aromatic rings. The van der Waals surface area contributed by atoms with E-state index in [9.17, 15) is 45.6 Å². The number of amides is 1. The van der Waals surface area contributed by atoms with Crippen LogP contribution in [0, 0.1) is 0 Å². The first-order valence-corrected chi connectivity index (χ1v) is 43.2. The predicted octanol–water partition coefficient (Wildman–Crippen LogP) is 20.5. The lowest BCUT2D eigenvalue weighted by molar-refractivity contribution is -0.359. The van der Waals surface area contributed by atoms with Crippen molar-refractivity contribution >= 4 is 5.91 Å². The number of ether oxygens (including phenoxy) is 4. The zero-order chi connectivity index (χ0) is 73.7. The Bertz CT molecular complexity index is 1990. The minimum atomic E-state index is -1.79. The van der Waals surface area contributed by atoms with Crippen molar-refractivity contribution in [1.82, 2.24) is 5.32 Å². The molecule has 596 valence electrons. The molecule has 2 aliphatic rings. The Labute approximate surface area is 625 Å². The van der Waals surface area contributed by atoms with Crippen molar-refractivity contribution in [2.75, 3.05) is 19.8 Å². The van der Waals surface area contributed by atoms with E-state index in [1.807, 2.05) is 0 Å². The molecule has 2 rings (SSSR count). The highest BCUT2D eigenvalue weighted by molar-refractivity contribution is 5.76. The molecule has 12 unspecified atom stereocenters. The third-order valence-electron chi connectivity index (χ3n) is 20.9. The number of hydrogen-bond donors (Lipinski definition) is 9. The number of hydrogen-bond acceptors (Lipinski definition) is 13. The summed E-state index contributed by atoms with van der Waals surface area (Å²) >= 11 is 0. The van der Waals surface area contributed by atoms with E-state index in [4.69, 9.17) is 18.9 Å². The molecular formula is C88H161NO13. The Morgan fingerprint density at radius 2 is 0.676 bits per heavy atom. The topological polar surface area (TPSA) is 228 Å². The second-order valence-electron chi connectivity index (χ2n) is 30.3. The van der Waals surface area contributed by atoms with E-state index in [2.05, 4.69) is 92.1 Å². The SMILES string of the molecule is CC/C=C\C/C=C\C/C=C\C/C=C\C/C=C\C/C=C\CCCCCCCCCCCCCCCCCCCCC(=O)NC(COC1OC(CO)C(OC2OC(CO)C(O)C(O)C2O)C(O)C1O)C(O)CCCCCCCCCCCCCCCCCCCCCCCCCCCCCCCCC. The van der Waals surface area contributed by atoms with E-state index >= 15 is 0 Å². The van der Waals surface area contributed by atoms with Crippen LogP contribution in [0.2, 0.25) is 0 Å². The zero-order valence-corrected chi connectivity index (χ0v) is 65.6. The Hall–Kier alpha value is -2.57. The van der Waals surface area contributed by atoms with Crippen LogP contribution in [0.1, 0.15) is 386 Å². The number of aliphatic hydroxyl groups is 8. The fourth-order valence-electron chi connectivity index (χ4n) is 14.2. The molecule has 0 bridgehead atoms. The lowest BCUT2D eigenvalue weighted by Crippen LogP contribution is -2.65. The van der Waals surface area contributed by atoms with Gasteiger partial charge in [-0.05, 0) is 64.2 Å². The molecule has 14 nitrogen and oxygen atoms in total. The van der Waals surface area contributed by atoms with Gasteiger partial charge in [0.05, 0.1) is 32.0 Å². The van der Waals surface area contributed by atoms with Crippen LogP contribution in [0.3, 0.4) is 0 Å². The summed E-state index contributed by atoms with van der Waals surface area (Å²) in [6.45, 7) is 2.81. The van der Waals surface area contributed by atoms with E-state index in [1.165, 1.54) is 270 Å². The number of nitrogens with one attached hydrogen (secondary N) is 1. The van der Waals surface area contributed by atoms with Gasteiger partial charge < -0.3 is 65.1 Å². The van der Waals surface area contributed by atoms with E-state index in [-0.39, 0.29) is 12.5 Å². The van der Waals surface area contributed by atoms with Crippen molar-refractivity contribution in [3.05, 3.63) is 72.9 Å². The van der Waals surface area contributed by atoms with Crippen LogP contribution in [0.5, 0.6) is 0 Å². The molecule has 102 heavy (non-hydrogen) atoms. The zero-order valence-electron chi connectivity index (χ0n) is 65.6.